The molecule has 19 heavy (non-hydrogen) atoms. The lowest BCUT2D eigenvalue weighted by Crippen LogP contribution is -2.37. The van der Waals surface area contributed by atoms with Crippen molar-refractivity contribution in [2.75, 3.05) is 6.54 Å². The number of nitrogens with one attached hydrogen (secondary N) is 1. The van der Waals surface area contributed by atoms with E-state index in [1.807, 2.05) is 19.1 Å². The highest BCUT2D eigenvalue weighted by Crippen LogP contribution is 2.24. The number of benzene rings is 1. The third-order valence-electron chi connectivity index (χ3n) is 3.18. The average Bonchev–Trinajstić information content (AvgIpc) is 2.34. The van der Waals surface area contributed by atoms with Gasteiger partial charge < -0.3 is 11.1 Å². The number of nitrogens with two attached hydrogens (primary N) is 1. The van der Waals surface area contributed by atoms with E-state index in [4.69, 9.17) is 5.73 Å². The fraction of sp³-hybridized carbons (Fsp3) is 0.533. The molecule has 0 heterocycles. The summed E-state index contributed by atoms with van der Waals surface area (Å²) in [6.45, 7) is 6.80. The van der Waals surface area contributed by atoms with Crippen LogP contribution in [0.2, 0.25) is 0 Å². The molecule has 4 heteroatoms. The summed E-state index contributed by atoms with van der Waals surface area (Å²) in [6.07, 6.45) is 1.22. The summed E-state index contributed by atoms with van der Waals surface area (Å²) in [5.74, 6) is 0.0717. The minimum absolute atomic E-state index is 0.0717. The van der Waals surface area contributed by atoms with Gasteiger partial charge in [-0.2, -0.15) is 0 Å². The largest absolute Gasteiger partial charge is 0.355 e. The Labute approximate surface area is 124 Å². The average molecular weight is 327 g/mol. The first-order valence-corrected chi connectivity index (χ1v) is 7.39. The van der Waals surface area contributed by atoms with Gasteiger partial charge in [-0.15, -0.1) is 0 Å². The Morgan fingerprint density at radius 1 is 1.37 bits per heavy atom. The van der Waals surface area contributed by atoms with Crippen molar-refractivity contribution >= 4 is 21.8 Å². The molecular weight excluding hydrogens is 304 g/mol. The lowest BCUT2D eigenvalue weighted by molar-refractivity contribution is -0.121. The second-order valence-corrected chi connectivity index (χ2v) is 6.60. The Kier molecular flexibility index (Phi) is 6.01. The van der Waals surface area contributed by atoms with Gasteiger partial charge in [0.05, 0.1) is 0 Å². The molecule has 0 aromatic heterocycles. The summed E-state index contributed by atoms with van der Waals surface area (Å²) in [5.41, 5.74) is 6.78. The van der Waals surface area contributed by atoms with Gasteiger partial charge in [0.1, 0.15) is 0 Å². The van der Waals surface area contributed by atoms with Crippen LogP contribution in [-0.2, 0) is 10.2 Å². The van der Waals surface area contributed by atoms with E-state index >= 15 is 0 Å². The van der Waals surface area contributed by atoms with Crippen LogP contribution in [0.3, 0.4) is 0 Å². The molecule has 1 amide bonds. The summed E-state index contributed by atoms with van der Waals surface area (Å²) in [6, 6.07) is 8.28. The van der Waals surface area contributed by atoms with Crippen LogP contribution in [0.25, 0.3) is 0 Å². The molecule has 1 aromatic rings. The Morgan fingerprint density at radius 3 is 2.47 bits per heavy atom. The van der Waals surface area contributed by atoms with Crippen LogP contribution in [-0.4, -0.2) is 18.5 Å². The summed E-state index contributed by atoms with van der Waals surface area (Å²) < 4.78 is 1.06. The monoisotopic (exact) mass is 326 g/mol. The van der Waals surface area contributed by atoms with E-state index in [0.29, 0.717) is 13.0 Å². The molecular formula is C15H23BrN2O. The zero-order chi connectivity index (χ0) is 14.5. The SMILES string of the molecule is CC(N)CCC(=O)NCC(C)(C)c1ccc(Br)cc1. The quantitative estimate of drug-likeness (QED) is 0.844. The van der Waals surface area contributed by atoms with E-state index in [0.717, 1.165) is 10.9 Å². The Morgan fingerprint density at radius 2 is 1.95 bits per heavy atom. The lowest BCUT2D eigenvalue weighted by atomic mass is 9.84. The van der Waals surface area contributed by atoms with Crippen LogP contribution in [0.5, 0.6) is 0 Å². The van der Waals surface area contributed by atoms with Gasteiger partial charge in [0, 0.05) is 28.9 Å². The van der Waals surface area contributed by atoms with Crippen molar-refractivity contribution in [3.8, 4) is 0 Å². The molecule has 0 aliphatic carbocycles. The molecule has 3 N–H and O–H groups in total. The summed E-state index contributed by atoms with van der Waals surface area (Å²) in [5, 5.41) is 2.99. The first-order chi connectivity index (χ1) is 8.81. The van der Waals surface area contributed by atoms with Crippen LogP contribution in [0.15, 0.2) is 28.7 Å². The van der Waals surface area contributed by atoms with E-state index < -0.39 is 0 Å². The van der Waals surface area contributed by atoms with Gasteiger partial charge in [0.15, 0.2) is 0 Å². The number of carbonyl (C=O) groups is 1. The minimum Gasteiger partial charge on any atom is -0.355 e. The van der Waals surface area contributed by atoms with E-state index in [2.05, 4.69) is 47.2 Å². The normalized spacial score (nSPS) is 13.1. The molecule has 0 fully saturated rings. The van der Waals surface area contributed by atoms with Crippen molar-refractivity contribution in [1.82, 2.24) is 5.32 Å². The van der Waals surface area contributed by atoms with Crippen LogP contribution in [0.1, 0.15) is 39.2 Å². The third kappa shape index (κ3) is 5.74. The van der Waals surface area contributed by atoms with Crippen molar-refractivity contribution in [3.63, 3.8) is 0 Å². The Balaban J connectivity index is 2.50. The van der Waals surface area contributed by atoms with Crippen molar-refractivity contribution in [2.45, 2.75) is 45.1 Å². The summed E-state index contributed by atoms with van der Waals surface area (Å²) in [7, 11) is 0. The standard InChI is InChI=1S/C15H23BrN2O/c1-11(17)4-9-14(19)18-10-15(2,3)12-5-7-13(16)8-6-12/h5-8,11H,4,9-10,17H2,1-3H3,(H,18,19). The smallest absolute Gasteiger partial charge is 0.220 e. The number of rotatable bonds is 6. The minimum atomic E-state index is -0.0787. The highest BCUT2D eigenvalue weighted by atomic mass is 79.9. The van der Waals surface area contributed by atoms with E-state index in [1.165, 1.54) is 5.56 Å². The number of hydrogen-bond acceptors (Lipinski definition) is 2. The van der Waals surface area contributed by atoms with E-state index in [1.54, 1.807) is 0 Å². The molecule has 0 bridgehead atoms. The summed E-state index contributed by atoms with van der Waals surface area (Å²) >= 11 is 3.43. The molecule has 0 saturated heterocycles. The van der Waals surface area contributed by atoms with Crippen molar-refractivity contribution in [1.29, 1.82) is 0 Å². The van der Waals surface area contributed by atoms with Gasteiger partial charge in [-0.1, -0.05) is 41.9 Å². The van der Waals surface area contributed by atoms with E-state index in [9.17, 15) is 4.79 Å². The first kappa shape index (κ1) is 16.2. The van der Waals surface area contributed by atoms with Crippen LogP contribution >= 0.6 is 15.9 Å². The lowest BCUT2D eigenvalue weighted by Gasteiger charge is -2.26. The molecule has 0 radical (unpaired) electrons. The highest BCUT2D eigenvalue weighted by molar-refractivity contribution is 9.10. The molecule has 0 spiro atoms. The maximum atomic E-state index is 11.7. The van der Waals surface area contributed by atoms with Crippen LogP contribution in [0, 0.1) is 0 Å². The van der Waals surface area contributed by atoms with Crippen LogP contribution in [0.4, 0.5) is 0 Å². The molecule has 1 atom stereocenters. The number of halogens is 1. The maximum Gasteiger partial charge on any atom is 0.220 e. The first-order valence-electron chi connectivity index (χ1n) is 6.59. The molecule has 0 aliphatic rings. The molecule has 1 aromatic carbocycles. The Bertz CT molecular complexity index is 413. The molecule has 0 aliphatic heterocycles. The maximum absolute atomic E-state index is 11.7. The van der Waals surface area contributed by atoms with Crippen LogP contribution < -0.4 is 11.1 Å². The molecule has 106 valence electrons. The number of amides is 1. The van der Waals surface area contributed by atoms with Gasteiger partial charge in [0.2, 0.25) is 5.91 Å². The number of carbonyl (C=O) groups excluding carboxylic acids is 1. The number of hydrogen-bond donors (Lipinski definition) is 2. The predicted molar refractivity (Wildman–Crippen MR) is 83.1 cm³/mol. The predicted octanol–water partition coefficient (Wildman–Crippen LogP) is 2.97. The Hall–Kier alpha value is -0.870. The molecule has 0 saturated carbocycles. The van der Waals surface area contributed by atoms with Gasteiger partial charge in [-0.3, -0.25) is 4.79 Å². The van der Waals surface area contributed by atoms with Gasteiger partial charge >= 0.3 is 0 Å². The fourth-order valence-electron chi connectivity index (χ4n) is 1.77. The molecule has 1 unspecified atom stereocenters. The highest BCUT2D eigenvalue weighted by Gasteiger charge is 2.21. The third-order valence-corrected chi connectivity index (χ3v) is 3.71. The van der Waals surface area contributed by atoms with Crippen molar-refractivity contribution in [2.24, 2.45) is 5.73 Å². The zero-order valence-corrected chi connectivity index (χ0v) is 13.5. The second-order valence-electron chi connectivity index (χ2n) is 5.68. The van der Waals surface area contributed by atoms with Gasteiger partial charge in [0.25, 0.3) is 0 Å². The zero-order valence-electron chi connectivity index (χ0n) is 11.9. The van der Waals surface area contributed by atoms with Gasteiger partial charge in [-0.05, 0) is 31.0 Å². The van der Waals surface area contributed by atoms with Crippen molar-refractivity contribution in [3.05, 3.63) is 34.3 Å². The van der Waals surface area contributed by atoms with Gasteiger partial charge in [-0.25, -0.2) is 0 Å². The van der Waals surface area contributed by atoms with E-state index in [-0.39, 0.29) is 17.4 Å². The molecule has 1 rings (SSSR count). The van der Waals surface area contributed by atoms with Crippen molar-refractivity contribution < 1.29 is 4.79 Å². The topological polar surface area (TPSA) is 55.1 Å². The molecule has 3 nitrogen and oxygen atoms in total. The second kappa shape index (κ2) is 7.06. The fourth-order valence-corrected chi connectivity index (χ4v) is 2.03. The summed E-state index contributed by atoms with van der Waals surface area (Å²) in [4.78, 5) is 11.7.